The van der Waals surface area contributed by atoms with E-state index in [0.29, 0.717) is 12.6 Å². The topological polar surface area (TPSA) is 48.8 Å². The van der Waals surface area contributed by atoms with Gasteiger partial charge in [0.25, 0.3) is 0 Å². The Bertz CT molecular complexity index is 256. The standard InChI is InChI=1S/C13H26N4/c1-5-7-8-9-10-15-13(16-11-14-4)17-12(3)6-2/h6,14H,2,5,7-11H2,1,3-4H3,(H,15,16). The van der Waals surface area contributed by atoms with Crippen molar-refractivity contribution in [2.75, 3.05) is 20.3 Å². The largest absolute Gasteiger partial charge is 0.354 e. The third-order valence-electron chi connectivity index (χ3n) is 2.28. The number of aliphatic imine (C=N–C) groups is 2. The molecule has 17 heavy (non-hydrogen) atoms. The van der Waals surface area contributed by atoms with Crippen LogP contribution in [0.2, 0.25) is 0 Å². The van der Waals surface area contributed by atoms with Gasteiger partial charge in [0.1, 0.15) is 0 Å². The highest BCUT2D eigenvalue weighted by Crippen LogP contribution is 1.97. The van der Waals surface area contributed by atoms with E-state index in [1.54, 1.807) is 6.08 Å². The zero-order chi connectivity index (χ0) is 12.9. The predicted octanol–water partition coefficient (Wildman–Crippen LogP) is 2.34. The smallest absolute Gasteiger partial charge is 0.219 e. The maximum Gasteiger partial charge on any atom is 0.219 e. The quantitative estimate of drug-likeness (QED) is 0.387. The number of guanidine groups is 1. The summed E-state index contributed by atoms with van der Waals surface area (Å²) in [4.78, 5) is 8.65. The van der Waals surface area contributed by atoms with Crippen molar-refractivity contribution in [1.29, 1.82) is 0 Å². The average Bonchev–Trinajstić information content (AvgIpc) is 2.35. The van der Waals surface area contributed by atoms with Gasteiger partial charge in [-0.3, -0.25) is 0 Å². The summed E-state index contributed by atoms with van der Waals surface area (Å²) in [5.41, 5.74) is 0.876. The molecule has 0 bridgehead atoms. The molecule has 0 unspecified atom stereocenters. The maximum atomic E-state index is 4.35. The Labute approximate surface area is 105 Å². The molecule has 0 heterocycles. The first-order chi connectivity index (χ1) is 8.24. The minimum absolute atomic E-state index is 0.575. The fraction of sp³-hybridized carbons (Fsp3) is 0.692. The molecule has 0 aliphatic heterocycles. The average molecular weight is 238 g/mol. The summed E-state index contributed by atoms with van der Waals surface area (Å²) in [6.45, 7) is 9.32. The van der Waals surface area contributed by atoms with Crippen LogP contribution in [0.15, 0.2) is 22.6 Å². The van der Waals surface area contributed by atoms with Crippen molar-refractivity contribution in [2.45, 2.75) is 39.5 Å². The van der Waals surface area contributed by atoms with Gasteiger partial charge in [0, 0.05) is 12.3 Å². The fourth-order valence-corrected chi connectivity index (χ4v) is 1.25. The lowest BCUT2D eigenvalue weighted by atomic mass is 10.2. The number of unbranched alkanes of at least 4 members (excludes halogenated alkanes) is 3. The third kappa shape index (κ3) is 9.75. The molecule has 0 rings (SSSR count). The molecule has 98 valence electrons. The molecule has 0 amide bonds. The Hall–Kier alpha value is -1.16. The molecule has 0 aliphatic rings. The first kappa shape index (κ1) is 15.8. The molecule has 0 atom stereocenters. The van der Waals surface area contributed by atoms with Gasteiger partial charge in [0.15, 0.2) is 0 Å². The number of rotatable bonds is 8. The summed E-state index contributed by atoms with van der Waals surface area (Å²) in [6.07, 6.45) is 6.70. The minimum atomic E-state index is 0.575. The third-order valence-corrected chi connectivity index (χ3v) is 2.28. The molecule has 0 radical (unpaired) electrons. The Morgan fingerprint density at radius 1 is 1.29 bits per heavy atom. The SMILES string of the molecule is C=CC(C)=NC(=NCNC)NCCCCCC. The summed E-state index contributed by atoms with van der Waals surface area (Å²) >= 11 is 0. The zero-order valence-electron chi connectivity index (χ0n) is 11.4. The second-order valence-corrected chi connectivity index (χ2v) is 3.94. The first-order valence-corrected chi connectivity index (χ1v) is 6.35. The van der Waals surface area contributed by atoms with Gasteiger partial charge in [-0.1, -0.05) is 32.8 Å². The van der Waals surface area contributed by atoms with Gasteiger partial charge >= 0.3 is 0 Å². The van der Waals surface area contributed by atoms with E-state index in [0.717, 1.165) is 18.7 Å². The van der Waals surface area contributed by atoms with Crippen LogP contribution >= 0.6 is 0 Å². The Morgan fingerprint density at radius 3 is 2.65 bits per heavy atom. The second kappa shape index (κ2) is 11.3. The van der Waals surface area contributed by atoms with Crippen molar-refractivity contribution in [3.8, 4) is 0 Å². The summed E-state index contributed by atoms with van der Waals surface area (Å²) in [5.74, 6) is 0.688. The van der Waals surface area contributed by atoms with Crippen molar-refractivity contribution in [3.63, 3.8) is 0 Å². The summed E-state index contributed by atoms with van der Waals surface area (Å²) in [6, 6.07) is 0. The molecular weight excluding hydrogens is 212 g/mol. The molecule has 0 aliphatic carbocycles. The van der Waals surface area contributed by atoms with Crippen LogP contribution in [0.1, 0.15) is 39.5 Å². The van der Waals surface area contributed by atoms with Crippen LogP contribution in [0.5, 0.6) is 0 Å². The number of nitrogens with zero attached hydrogens (tertiary/aromatic N) is 2. The Morgan fingerprint density at radius 2 is 2.06 bits per heavy atom. The monoisotopic (exact) mass is 238 g/mol. The van der Waals surface area contributed by atoms with E-state index in [-0.39, 0.29) is 0 Å². The van der Waals surface area contributed by atoms with Crippen LogP contribution in [-0.2, 0) is 0 Å². The normalized spacial score (nSPS) is 12.6. The predicted molar refractivity (Wildman–Crippen MR) is 76.8 cm³/mol. The van der Waals surface area contributed by atoms with E-state index in [1.165, 1.54) is 19.3 Å². The van der Waals surface area contributed by atoms with E-state index in [9.17, 15) is 0 Å². The molecule has 4 nitrogen and oxygen atoms in total. The van der Waals surface area contributed by atoms with Gasteiger partial charge in [0.2, 0.25) is 5.96 Å². The maximum absolute atomic E-state index is 4.35. The molecule has 0 aromatic carbocycles. The number of allylic oxidation sites excluding steroid dienone is 1. The summed E-state index contributed by atoms with van der Waals surface area (Å²) in [7, 11) is 1.87. The van der Waals surface area contributed by atoms with Crippen LogP contribution in [0.25, 0.3) is 0 Å². The van der Waals surface area contributed by atoms with E-state index in [1.807, 2.05) is 14.0 Å². The van der Waals surface area contributed by atoms with Gasteiger partial charge in [-0.25, -0.2) is 9.98 Å². The van der Waals surface area contributed by atoms with Gasteiger partial charge in [-0.15, -0.1) is 0 Å². The Kier molecular flexibility index (Phi) is 10.6. The molecule has 0 aromatic heterocycles. The highest BCUT2D eigenvalue weighted by Gasteiger charge is 1.96. The molecule has 0 saturated heterocycles. The molecule has 0 aromatic rings. The van der Waals surface area contributed by atoms with Gasteiger partial charge < -0.3 is 10.6 Å². The van der Waals surface area contributed by atoms with Crippen molar-refractivity contribution < 1.29 is 0 Å². The van der Waals surface area contributed by atoms with Gasteiger partial charge in [0.05, 0.1) is 6.67 Å². The van der Waals surface area contributed by atoms with Gasteiger partial charge in [-0.05, 0) is 26.5 Å². The number of hydrogen-bond donors (Lipinski definition) is 2. The van der Waals surface area contributed by atoms with Crippen molar-refractivity contribution in [1.82, 2.24) is 10.6 Å². The summed E-state index contributed by atoms with van der Waals surface area (Å²) < 4.78 is 0. The van der Waals surface area contributed by atoms with Crippen LogP contribution in [0.3, 0.4) is 0 Å². The fourth-order valence-electron chi connectivity index (χ4n) is 1.25. The molecular formula is C13H26N4. The molecule has 2 N–H and O–H groups in total. The summed E-state index contributed by atoms with van der Waals surface area (Å²) in [5, 5.41) is 6.23. The zero-order valence-corrected chi connectivity index (χ0v) is 11.4. The molecule has 0 fully saturated rings. The van der Waals surface area contributed by atoms with Crippen molar-refractivity contribution in [2.24, 2.45) is 9.98 Å². The highest BCUT2D eigenvalue weighted by atomic mass is 15.2. The first-order valence-electron chi connectivity index (χ1n) is 6.35. The van der Waals surface area contributed by atoms with Crippen LogP contribution < -0.4 is 10.6 Å². The van der Waals surface area contributed by atoms with Crippen LogP contribution in [-0.4, -0.2) is 31.9 Å². The van der Waals surface area contributed by atoms with E-state index >= 15 is 0 Å². The van der Waals surface area contributed by atoms with Crippen LogP contribution in [0.4, 0.5) is 0 Å². The second-order valence-electron chi connectivity index (χ2n) is 3.94. The lowest BCUT2D eigenvalue weighted by Crippen LogP contribution is -2.25. The van der Waals surface area contributed by atoms with Crippen molar-refractivity contribution >= 4 is 11.7 Å². The molecule has 0 saturated carbocycles. The van der Waals surface area contributed by atoms with E-state index < -0.39 is 0 Å². The van der Waals surface area contributed by atoms with Crippen LogP contribution in [0, 0.1) is 0 Å². The number of nitrogens with one attached hydrogen (secondary N) is 2. The molecule has 0 spiro atoms. The molecule has 4 heteroatoms. The number of hydrogen-bond acceptors (Lipinski definition) is 2. The highest BCUT2D eigenvalue weighted by molar-refractivity contribution is 6.01. The van der Waals surface area contributed by atoms with E-state index in [2.05, 4.69) is 34.1 Å². The van der Waals surface area contributed by atoms with Gasteiger partial charge in [-0.2, -0.15) is 0 Å². The minimum Gasteiger partial charge on any atom is -0.354 e. The lowest BCUT2D eigenvalue weighted by molar-refractivity contribution is 0.651. The lowest BCUT2D eigenvalue weighted by Gasteiger charge is -2.06. The van der Waals surface area contributed by atoms with Crippen molar-refractivity contribution in [3.05, 3.63) is 12.7 Å². The van der Waals surface area contributed by atoms with E-state index in [4.69, 9.17) is 0 Å². The Balaban J connectivity index is 4.07.